The fraction of sp³-hybridized carbons (Fsp3) is 0.368. The molecule has 0 bridgehead atoms. The largest absolute Gasteiger partial charge is 0.469 e. The maximum atomic E-state index is 12.3. The van der Waals surface area contributed by atoms with Crippen molar-refractivity contribution in [3.05, 3.63) is 59.9 Å². The predicted molar refractivity (Wildman–Crippen MR) is 90.8 cm³/mol. The van der Waals surface area contributed by atoms with Gasteiger partial charge >= 0.3 is 11.9 Å². The van der Waals surface area contributed by atoms with E-state index in [1.807, 2.05) is 54.1 Å². The summed E-state index contributed by atoms with van der Waals surface area (Å²) in [6, 6.07) is 13.6. The Labute approximate surface area is 142 Å². The van der Waals surface area contributed by atoms with Crippen LogP contribution >= 0.6 is 0 Å². The van der Waals surface area contributed by atoms with E-state index in [1.54, 1.807) is 6.07 Å². The van der Waals surface area contributed by atoms with Crippen LogP contribution in [0.5, 0.6) is 0 Å². The summed E-state index contributed by atoms with van der Waals surface area (Å²) in [5.41, 5.74) is 1.65. The van der Waals surface area contributed by atoms with Gasteiger partial charge in [-0.15, -0.1) is 0 Å². The third kappa shape index (κ3) is 4.72. The molecule has 0 fully saturated rings. The molecule has 0 spiro atoms. The minimum Gasteiger partial charge on any atom is -0.469 e. The number of hydrogen-bond donors (Lipinski definition) is 0. The van der Waals surface area contributed by atoms with Crippen LogP contribution in [-0.2, 0) is 14.3 Å². The van der Waals surface area contributed by atoms with Gasteiger partial charge in [-0.1, -0.05) is 30.3 Å². The number of ether oxygens (including phenoxy) is 2. The highest BCUT2D eigenvalue weighted by Crippen LogP contribution is 2.20. The third-order valence-corrected chi connectivity index (χ3v) is 3.92. The normalized spacial score (nSPS) is 11.8. The number of hydrogen-bond acceptors (Lipinski definition) is 4. The molecule has 1 heterocycles. The second kappa shape index (κ2) is 8.91. The quantitative estimate of drug-likeness (QED) is 0.548. The summed E-state index contributed by atoms with van der Waals surface area (Å²) in [6.07, 6.45) is 3.50. The van der Waals surface area contributed by atoms with Gasteiger partial charge in [0, 0.05) is 12.6 Å². The van der Waals surface area contributed by atoms with E-state index in [-0.39, 0.29) is 18.0 Å². The van der Waals surface area contributed by atoms with Crippen molar-refractivity contribution < 1.29 is 19.1 Å². The topological polar surface area (TPSA) is 57.5 Å². The average Bonchev–Trinajstić information content (AvgIpc) is 3.11. The number of aromatic nitrogens is 1. The van der Waals surface area contributed by atoms with Crippen LogP contribution in [0.25, 0.3) is 0 Å². The van der Waals surface area contributed by atoms with Gasteiger partial charge in [0.05, 0.1) is 19.8 Å². The van der Waals surface area contributed by atoms with Gasteiger partial charge in [0.15, 0.2) is 0 Å². The van der Waals surface area contributed by atoms with Crippen LogP contribution in [0.4, 0.5) is 0 Å². The molecule has 0 saturated heterocycles. The van der Waals surface area contributed by atoms with Gasteiger partial charge in [-0.05, 0) is 37.5 Å². The molecule has 128 valence electrons. The highest BCUT2D eigenvalue weighted by Gasteiger charge is 2.17. The summed E-state index contributed by atoms with van der Waals surface area (Å²) in [6.45, 7) is 2.34. The lowest BCUT2D eigenvalue weighted by Crippen LogP contribution is -2.16. The average molecular weight is 329 g/mol. The molecule has 0 saturated carbocycles. The first-order valence-electron chi connectivity index (χ1n) is 8.09. The molecule has 0 N–H and O–H groups in total. The first-order chi connectivity index (χ1) is 11.6. The van der Waals surface area contributed by atoms with E-state index in [4.69, 9.17) is 4.74 Å². The van der Waals surface area contributed by atoms with Gasteiger partial charge in [-0.25, -0.2) is 4.79 Å². The second-order valence-corrected chi connectivity index (χ2v) is 5.56. The number of benzene rings is 1. The van der Waals surface area contributed by atoms with Crippen LogP contribution in [0, 0.1) is 0 Å². The summed E-state index contributed by atoms with van der Waals surface area (Å²) in [4.78, 5) is 23.3. The lowest BCUT2D eigenvalue weighted by Gasteiger charge is -2.17. The van der Waals surface area contributed by atoms with Crippen LogP contribution in [0.1, 0.15) is 48.3 Å². The van der Waals surface area contributed by atoms with E-state index in [0.29, 0.717) is 31.6 Å². The second-order valence-electron chi connectivity index (χ2n) is 5.56. The Hall–Kier alpha value is -2.56. The number of methoxy groups -OCH3 is 1. The van der Waals surface area contributed by atoms with Gasteiger partial charge in [-0.2, -0.15) is 0 Å². The Morgan fingerprint density at radius 2 is 1.83 bits per heavy atom. The maximum absolute atomic E-state index is 12.3. The van der Waals surface area contributed by atoms with Crippen molar-refractivity contribution in [3.63, 3.8) is 0 Å². The first-order valence-corrected chi connectivity index (χ1v) is 8.09. The zero-order valence-electron chi connectivity index (χ0n) is 14.1. The predicted octanol–water partition coefficient (Wildman–Crippen LogP) is 3.60. The molecule has 1 aromatic carbocycles. The molecular weight excluding hydrogens is 306 g/mol. The van der Waals surface area contributed by atoms with Crippen LogP contribution in [0.3, 0.4) is 0 Å². The van der Waals surface area contributed by atoms with Crippen LogP contribution in [0.2, 0.25) is 0 Å². The van der Waals surface area contributed by atoms with Crippen molar-refractivity contribution in [1.29, 1.82) is 0 Å². The smallest absolute Gasteiger partial charge is 0.354 e. The molecule has 1 aromatic heterocycles. The molecule has 2 rings (SSSR count). The lowest BCUT2D eigenvalue weighted by atomic mass is 10.1. The van der Waals surface area contributed by atoms with E-state index in [9.17, 15) is 9.59 Å². The van der Waals surface area contributed by atoms with E-state index in [0.717, 1.165) is 5.56 Å². The van der Waals surface area contributed by atoms with Gasteiger partial charge in [-0.3, -0.25) is 4.79 Å². The van der Waals surface area contributed by atoms with Crippen molar-refractivity contribution in [1.82, 2.24) is 4.57 Å². The Bertz CT molecular complexity index is 663. The molecule has 5 heteroatoms. The standard InChI is InChI=1S/C19H23NO4/c1-15(16-9-4-3-5-10-16)20-13-8-11-17(20)19(22)24-14-7-6-12-18(21)23-2/h3-5,8-11,13,15H,6-7,12,14H2,1-2H3/t15-/m1/s1. The van der Waals surface area contributed by atoms with Gasteiger partial charge < -0.3 is 14.0 Å². The molecular formula is C19H23NO4. The Morgan fingerprint density at radius 3 is 2.54 bits per heavy atom. The Balaban J connectivity index is 1.90. The monoisotopic (exact) mass is 329 g/mol. The molecule has 5 nitrogen and oxygen atoms in total. The number of carbonyl (C=O) groups excluding carboxylic acids is 2. The fourth-order valence-electron chi connectivity index (χ4n) is 2.51. The van der Waals surface area contributed by atoms with Crippen molar-refractivity contribution >= 4 is 11.9 Å². The van der Waals surface area contributed by atoms with E-state index in [2.05, 4.69) is 4.74 Å². The van der Waals surface area contributed by atoms with Crippen molar-refractivity contribution in [2.24, 2.45) is 0 Å². The van der Waals surface area contributed by atoms with Gasteiger partial charge in [0.2, 0.25) is 0 Å². The minimum absolute atomic E-state index is 0.0445. The zero-order chi connectivity index (χ0) is 17.4. The first kappa shape index (κ1) is 17.8. The van der Waals surface area contributed by atoms with Gasteiger partial charge in [0.25, 0.3) is 0 Å². The minimum atomic E-state index is -0.346. The molecule has 0 radical (unpaired) electrons. The summed E-state index contributed by atoms with van der Waals surface area (Å²) in [5.74, 6) is -0.590. The molecule has 1 atom stereocenters. The Kier molecular flexibility index (Phi) is 6.61. The van der Waals surface area contributed by atoms with Crippen molar-refractivity contribution in [2.75, 3.05) is 13.7 Å². The van der Waals surface area contributed by atoms with Gasteiger partial charge in [0.1, 0.15) is 5.69 Å². The van der Waals surface area contributed by atoms with Crippen LogP contribution in [0.15, 0.2) is 48.7 Å². The molecule has 24 heavy (non-hydrogen) atoms. The summed E-state index contributed by atoms with van der Waals surface area (Å²) >= 11 is 0. The molecule has 2 aromatic rings. The molecule has 0 unspecified atom stereocenters. The number of nitrogens with zero attached hydrogens (tertiary/aromatic N) is 1. The van der Waals surface area contributed by atoms with E-state index in [1.165, 1.54) is 7.11 Å². The summed E-state index contributed by atoms with van der Waals surface area (Å²) in [7, 11) is 1.37. The lowest BCUT2D eigenvalue weighted by molar-refractivity contribution is -0.140. The van der Waals surface area contributed by atoms with Crippen LogP contribution in [-0.4, -0.2) is 30.2 Å². The molecule has 0 aliphatic carbocycles. The number of carbonyl (C=O) groups is 2. The third-order valence-electron chi connectivity index (χ3n) is 3.92. The summed E-state index contributed by atoms with van der Waals surface area (Å²) in [5, 5.41) is 0. The number of unbranched alkanes of at least 4 members (excludes halogenated alkanes) is 1. The van der Waals surface area contributed by atoms with Crippen molar-refractivity contribution in [3.8, 4) is 0 Å². The maximum Gasteiger partial charge on any atom is 0.354 e. The van der Waals surface area contributed by atoms with Crippen molar-refractivity contribution in [2.45, 2.75) is 32.2 Å². The van der Waals surface area contributed by atoms with E-state index < -0.39 is 0 Å². The molecule has 0 aliphatic rings. The number of esters is 2. The van der Waals surface area contributed by atoms with E-state index >= 15 is 0 Å². The Morgan fingerprint density at radius 1 is 1.08 bits per heavy atom. The highest BCUT2D eigenvalue weighted by molar-refractivity contribution is 5.87. The summed E-state index contributed by atoms with van der Waals surface area (Å²) < 4.78 is 11.8. The highest BCUT2D eigenvalue weighted by atomic mass is 16.5. The fourth-order valence-corrected chi connectivity index (χ4v) is 2.51. The zero-order valence-corrected chi connectivity index (χ0v) is 14.1. The molecule has 0 aliphatic heterocycles. The number of rotatable bonds is 8. The molecule has 0 amide bonds. The SMILES string of the molecule is COC(=O)CCCCOC(=O)c1cccn1[C@H](C)c1ccccc1. The van der Waals surface area contributed by atoms with Crippen LogP contribution < -0.4 is 0 Å².